The monoisotopic (exact) mass is 493 g/mol. The molecule has 1 aromatic heterocycles. The molecule has 2 aromatic rings. The van der Waals surface area contributed by atoms with Gasteiger partial charge in [0.1, 0.15) is 11.6 Å². The Bertz CT molecular complexity index is 1010. The topological polar surface area (TPSA) is 71.4 Å². The van der Waals surface area contributed by atoms with Gasteiger partial charge in [-0.2, -0.15) is 13.2 Å². The molecule has 1 aromatic carbocycles. The number of alkyl halides is 3. The highest BCUT2D eigenvalue weighted by Gasteiger charge is 2.32. The van der Waals surface area contributed by atoms with Gasteiger partial charge in [-0.05, 0) is 36.8 Å². The second-order valence-corrected chi connectivity index (χ2v) is 7.59. The number of pyridine rings is 1. The van der Waals surface area contributed by atoms with Crippen LogP contribution in [0.3, 0.4) is 0 Å². The van der Waals surface area contributed by atoms with E-state index in [0.717, 1.165) is 14.9 Å². The standard InChI is InChI=1S/C18H16BrClF3N3O3/c1-10-5-12(19)3-4-14(10)24-15(27)8-25(2)16(28)9-26-7-11(18(21,22)23)6-13(20)17(26)29/h3-7H,8-9H2,1-2H3,(H,24,27). The summed E-state index contributed by atoms with van der Waals surface area (Å²) in [6.07, 6.45) is -4.21. The van der Waals surface area contributed by atoms with Crippen LogP contribution in [0.15, 0.2) is 39.7 Å². The molecular weight excluding hydrogens is 479 g/mol. The fourth-order valence-corrected chi connectivity index (χ4v) is 3.10. The van der Waals surface area contributed by atoms with E-state index >= 15 is 0 Å². The van der Waals surface area contributed by atoms with E-state index in [4.69, 9.17) is 11.6 Å². The Morgan fingerprint density at radius 1 is 1.28 bits per heavy atom. The zero-order chi connectivity index (χ0) is 21.9. The SMILES string of the molecule is Cc1cc(Br)ccc1NC(=O)CN(C)C(=O)Cn1cc(C(F)(F)F)cc(Cl)c1=O. The highest BCUT2D eigenvalue weighted by molar-refractivity contribution is 9.10. The number of rotatable bonds is 5. The van der Waals surface area contributed by atoms with Gasteiger partial charge >= 0.3 is 6.18 Å². The number of amides is 2. The summed E-state index contributed by atoms with van der Waals surface area (Å²) in [5, 5.41) is 1.99. The number of hydrogen-bond acceptors (Lipinski definition) is 3. The molecule has 0 saturated carbocycles. The summed E-state index contributed by atoms with van der Waals surface area (Å²) in [6.45, 7) is 0.748. The minimum atomic E-state index is -4.73. The van der Waals surface area contributed by atoms with Crippen molar-refractivity contribution in [3.05, 3.63) is 61.4 Å². The predicted octanol–water partition coefficient (Wildman–Crippen LogP) is 3.69. The summed E-state index contributed by atoms with van der Waals surface area (Å²) in [5.74, 6) is -1.23. The Morgan fingerprint density at radius 3 is 2.52 bits per heavy atom. The van der Waals surface area contributed by atoms with Crippen LogP contribution in [0, 0.1) is 6.92 Å². The lowest BCUT2D eigenvalue weighted by molar-refractivity contribution is -0.138. The number of nitrogens with zero attached hydrogens (tertiary/aromatic N) is 2. The second kappa shape index (κ2) is 9.00. The van der Waals surface area contributed by atoms with Crippen LogP contribution < -0.4 is 10.9 Å². The third kappa shape index (κ3) is 6.07. The molecule has 0 bridgehead atoms. The highest BCUT2D eigenvalue weighted by atomic mass is 79.9. The third-order valence-corrected chi connectivity index (χ3v) is 4.71. The van der Waals surface area contributed by atoms with Crippen molar-refractivity contribution >= 4 is 45.0 Å². The van der Waals surface area contributed by atoms with Crippen molar-refractivity contribution in [1.29, 1.82) is 0 Å². The summed E-state index contributed by atoms with van der Waals surface area (Å²) in [5.41, 5.74) is -0.732. The molecular formula is C18H16BrClF3N3O3. The van der Waals surface area contributed by atoms with Crippen LogP contribution in [0.5, 0.6) is 0 Å². The van der Waals surface area contributed by atoms with Gasteiger partial charge in [0.05, 0.1) is 12.1 Å². The van der Waals surface area contributed by atoms with Gasteiger partial charge in [-0.25, -0.2) is 0 Å². The molecule has 1 heterocycles. The Labute approximate surface area is 177 Å². The molecule has 0 aliphatic rings. The van der Waals surface area contributed by atoms with Crippen molar-refractivity contribution in [2.45, 2.75) is 19.6 Å². The molecule has 0 spiro atoms. The Kier molecular flexibility index (Phi) is 7.12. The zero-order valence-corrected chi connectivity index (χ0v) is 17.7. The number of hydrogen-bond donors (Lipinski definition) is 1. The van der Waals surface area contributed by atoms with E-state index < -0.39 is 40.7 Å². The number of aryl methyl sites for hydroxylation is 1. The van der Waals surface area contributed by atoms with Crippen molar-refractivity contribution < 1.29 is 22.8 Å². The van der Waals surface area contributed by atoms with E-state index in [1.807, 2.05) is 0 Å². The maximum absolute atomic E-state index is 12.9. The highest BCUT2D eigenvalue weighted by Crippen LogP contribution is 2.29. The van der Waals surface area contributed by atoms with Gasteiger partial charge in [-0.3, -0.25) is 14.4 Å². The van der Waals surface area contributed by atoms with Gasteiger partial charge in [0.2, 0.25) is 11.8 Å². The summed E-state index contributed by atoms with van der Waals surface area (Å²) in [6, 6.07) is 5.72. The lowest BCUT2D eigenvalue weighted by Gasteiger charge is -2.19. The lowest BCUT2D eigenvalue weighted by atomic mass is 10.2. The molecule has 0 aliphatic heterocycles. The van der Waals surface area contributed by atoms with Crippen LogP contribution >= 0.6 is 27.5 Å². The van der Waals surface area contributed by atoms with Crippen molar-refractivity contribution in [1.82, 2.24) is 9.47 Å². The molecule has 2 rings (SSSR count). The normalized spacial score (nSPS) is 11.3. The maximum atomic E-state index is 12.9. The predicted molar refractivity (Wildman–Crippen MR) is 106 cm³/mol. The molecule has 0 saturated heterocycles. The van der Waals surface area contributed by atoms with Crippen LogP contribution in [0.25, 0.3) is 0 Å². The van der Waals surface area contributed by atoms with Crippen molar-refractivity contribution in [2.24, 2.45) is 0 Å². The van der Waals surface area contributed by atoms with E-state index in [1.165, 1.54) is 7.05 Å². The van der Waals surface area contributed by atoms with Crippen LogP contribution in [-0.4, -0.2) is 34.9 Å². The van der Waals surface area contributed by atoms with Gasteiger partial charge in [0.15, 0.2) is 0 Å². The van der Waals surface area contributed by atoms with Gasteiger partial charge in [-0.15, -0.1) is 0 Å². The molecule has 156 valence electrons. The van der Waals surface area contributed by atoms with Gasteiger partial charge < -0.3 is 14.8 Å². The molecule has 0 fully saturated rings. The molecule has 1 N–H and O–H groups in total. The first-order valence-corrected chi connectivity index (χ1v) is 9.32. The molecule has 0 unspecified atom stereocenters. The Hall–Kier alpha value is -2.33. The molecule has 0 aliphatic carbocycles. The number of nitrogens with one attached hydrogen (secondary N) is 1. The summed E-state index contributed by atoms with van der Waals surface area (Å²) in [7, 11) is 1.30. The smallest absolute Gasteiger partial charge is 0.335 e. The molecule has 6 nitrogen and oxygen atoms in total. The fraction of sp³-hybridized carbons (Fsp3) is 0.278. The number of benzene rings is 1. The average Bonchev–Trinajstić information content (AvgIpc) is 2.60. The minimum Gasteiger partial charge on any atom is -0.335 e. The number of halogens is 5. The quantitative estimate of drug-likeness (QED) is 0.689. The first kappa shape index (κ1) is 23.0. The van der Waals surface area contributed by atoms with E-state index in [1.54, 1.807) is 25.1 Å². The zero-order valence-electron chi connectivity index (χ0n) is 15.3. The van der Waals surface area contributed by atoms with Gasteiger partial charge in [0, 0.05) is 23.4 Å². The van der Waals surface area contributed by atoms with Crippen molar-refractivity contribution in [3.63, 3.8) is 0 Å². The average molecular weight is 495 g/mol. The first-order valence-electron chi connectivity index (χ1n) is 8.15. The number of aromatic nitrogens is 1. The third-order valence-electron chi connectivity index (χ3n) is 3.94. The largest absolute Gasteiger partial charge is 0.417 e. The molecule has 0 radical (unpaired) electrons. The van der Waals surface area contributed by atoms with Crippen LogP contribution in [0.2, 0.25) is 5.02 Å². The lowest BCUT2D eigenvalue weighted by Crippen LogP contribution is -2.39. The maximum Gasteiger partial charge on any atom is 0.417 e. The molecule has 29 heavy (non-hydrogen) atoms. The van der Waals surface area contributed by atoms with E-state index in [0.29, 0.717) is 22.5 Å². The summed E-state index contributed by atoms with van der Waals surface area (Å²) < 4.78 is 40.1. The Balaban J connectivity index is 2.08. The first-order chi connectivity index (χ1) is 13.4. The van der Waals surface area contributed by atoms with Crippen LogP contribution in [0.1, 0.15) is 11.1 Å². The Morgan fingerprint density at radius 2 is 1.93 bits per heavy atom. The van der Waals surface area contributed by atoms with Crippen molar-refractivity contribution in [2.75, 3.05) is 18.9 Å². The number of anilines is 1. The van der Waals surface area contributed by atoms with E-state index in [-0.39, 0.29) is 6.54 Å². The number of carbonyl (C=O) groups excluding carboxylic acids is 2. The van der Waals surface area contributed by atoms with Crippen LogP contribution in [-0.2, 0) is 22.3 Å². The minimum absolute atomic E-state index is 0.351. The van der Waals surface area contributed by atoms with E-state index in [2.05, 4.69) is 21.2 Å². The number of carbonyl (C=O) groups is 2. The molecule has 2 amide bonds. The van der Waals surface area contributed by atoms with Gasteiger partial charge in [-0.1, -0.05) is 27.5 Å². The van der Waals surface area contributed by atoms with Crippen molar-refractivity contribution in [3.8, 4) is 0 Å². The van der Waals surface area contributed by atoms with Crippen LogP contribution in [0.4, 0.5) is 18.9 Å². The summed E-state index contributed by atoms with van der Waals surface area (Å²) >= 11 is 8.87. The summed E-state index contributed by atoms with van der Waals surface area (Å²) in [4.78, 5) is 37.4. The molecule has 11 heteroatoms. The fourth-order valence-electron chi connectivity index (χ4n) is 2.40. The van der Waals surface area contributed by atoms with Gasteiger partial charge in [0.25, 0.3) is 5.56 Å². The van der Waals surface area contributed by atoms with E-state index in [9.17, 15) is 27.6 Å². The second-order valence-electron chi connectivity index (χ2n) is 6.26. The number of likely N-dealkylation sites (N-methyl/N-ethyl adjacent to an activating group) is 1. The molecule has 0 atom stereocenters.